The number of aryl methyl sites for hydroxylation is 1. The van der Waals surface area contributed by atoms with Crippen molar-refractivity contribution in [3.05, 3.63) is 46.8 Å². The molecule has 0 saturated heterocycles. The number of sulfone groups is 1. The molecule has 28 heavy (non-hydrogen) atoms. The van der Waals surface area contributed by atoms with Crippen molar-refractivity contribution in [1.29, 1.82) is 0 Å². The fraction of sp³-hybridized carbons (Fsp3) is 0.222. The molecular weight excluding hydrogens is 402 g/mol. The van der Waals surface area contributed by atoms with Crippen LogP contribution in [-0.2, 0) is 26.3 Å². The molecule has 1 aliphatic rings. The van der Waals surface area contributed by atoms with Crippen molar-refractivity contribution in [2.24, 2.45) is 0 Å². The van der Waals surface area contributed by atoms with Crippen LogP contribution in [0.15, 0.2) is 34.1 Å². The average Bonchev–Trinajstić information content (AvgIpc) is 3.23. The minimum absolute atomic E-state index is 0.0704. The van der Waals surface area contributed by atoms with Gasteiger partial charge in [-0.1, -0.05) is 6.08 Å². The summed E-state index contributed by atoms with van der Waals surface area (Å²) >= 11 is 0. The van der Waals surface area contributed by atoms with Gasteiger partial charge in [-0.25, -0.2) is 21.6 Å². The molecule has 0 atom stereocenters. The van der Waals surface area contributed by atoms with Gasteiger partial charge in [-0.05, 0) is 38.6 Å². The number of aromatic hydroxyl groups is 1. The summed E-state index contributed by atoms with van der Waals surface area (Å²) in [5.74, 6) is -0.110. The lowest BCUT2D eigenvalue weighted by Gasteiger charge is -2.05. The fourth-order valence-corrected chi connectivity index (χ4v) is 5.83. The summed E-state index contributed by atoms with van der Waals surface area (Å²) in [4.78, 5) is 6.31. The molecule has 2 aromatic heterocycles. The number of hydrogen-bond donors (Lipinski definition) is 4. The van der Waals surface area contributed by atoms with E-state index >= 15 is 0 Å². The molecular formula is C18H19N3O5S2. The van der Waals surface area contributed by atoms with Crippen molar-refractivity contribution >= 4 is 36.3 Å². The molecule has 0 aliphatic heterocycles. The minimum atomic E-state index is -3.66. The molecule has 0 saturated carbocycles. The smallest absolute Gasteiger partial charge is 0.240 e. The van der Waals surface area contributed by atoms with Gasteiger partial charge in [0, 0.05) is 34.0 Å². The minimum Gasteiger partial charge on any atom is -0.494 e. The number of rotatable bonds is 4. The fourth-order valence-electron chi connectivity index (χ4n) is 3.83. The van der Waals surface area contributed by atoms with Gasteiger partial charge in [-0.3, -0.25) is 0 Å². The second kappa shape index (κ2) is 5.97. The summed E-state index contributed by atoms with van der Waals surface area (Å²) < 4.78 is 50.9. The first-order chi connectivity index (χ1) is 13.0. The number of nitrogens with one attached hydrogen (secondary N) is 3. The van der Waals surface area contributed by atoms with E-state index in [1.54, 1.807) is 13.0 Å². The van der Waals surface area contributed by atoms with Crippen molar-refractivity contribution in [2.75, 3.05) is 13.3 Å². The maximum Gasteiger partial charge on any atom is 0.240 e. The van der Waals surface area contributed by atoms with Crippen LogP contribution in [0.1, 0.15) is 22.5 Å². The summed E-state index contributed by atoms with van der Waals surface area (Å²) in [6.07, 6.45) is 3.40. The Morgan fingerprint density at radius 1 is 1.14 bits per heavy atom. The largest absolute Gasteiger partial charge is 0.494 e. The van der Waals surface area contributed by atoms with Crippen LogP contribution in [0.3, 0.4) is 0 Å². The van der Waals surface area contributed by atoms with Gasteiger partial charge >= 0.3 is 0 Å². The molecule has 8 nitrogen and oxygen atoms in total. The van der Waals surface area contributed by atoms with Crippen molar-refractivity contribution in [3.8, 4) is 5.88 Å². The molecule has 0 unspecified atom stereocenters. The average molecular weight is 422 g/mol. The van der Waals surface area contributed by atoms with Crippen molar-refractivity contribution in [1.82, 2.24) is 14.7 Å². The van der Waals surface area contributed by atoms with Gasteiger partial charge in [-0.15, -0.1) is 0 Å². The van der Waals surface area contributed by atoms with Gasteiger partial charge in [0.15, 0.2) is 15.7 Å². The third-order valence-corrected chi connectivity index (χ3v) is 7.68. The van der Waals surface area contributed by atoms with E-state index in [2.05, 4.69) is 14.7 Å². The number of benzene rings is 1. The lowest BCUT2D eigenvalue weighted by Crippen LogP contribution is -2.18. The predicted molar refractivity (Wildman–Crippen MR) is 106 cm³/mol. The summed E-state index contributed by atoms with van der Waals surface area (Å²) in [5.41, 5.74) is 3.46. The molecule has 0 amide bonds. The highest BCUT2D eigenvalue weighted by Gasteiger charge is 2.30. The monoisotopic (exact) mass is 421 g/mol. The number of fused-ring (bicyclic) bond motifs is 2. The third kappa shape index (κ3) is 2.67. The van der Waals surface area contributed by atoms with E-state index < -0.39 is 19.9 Å². The molecule has 0 fully saturated rings. The Balaban J connectivity index is 1.96. The Labute approximate surface area is 162 Å². The van der Waals surface area contributed by atoms with E-state index in [4.69, 9.17) is 0 Å². The Bertz CT molecular complexity index is 1380. The number of H-pyrrole nitrogens is 2. The molecule has 148 valence electrons. The second-order valence-corrected chi connectivity index (χ2v) is 10.6. The highest BCUT2D eigenvalue weighted by molar-refractivity contribution is 7.90. The van der Waals surface area contributed by atoms with Crippen LogP contribution in [-0.4, -0.2) is 45.2 Å². The SMILES string of the molecule is CNS(=O)(=O)c1ccc2[nH]c(O)c(C3=CCc4c3[nH]c(C)c4S(C)(=O)=O)c2c1. The molecule has 1 aromatic carbocycles. The molecule has 1 aliphatic carbocycles. The van der Waals surface area contributed by atoms with Crippen molar-refractivity contribution in [2.45, 2.75) is 23.1 Å². The number of sulfonamides is 1. The Morgan fingerprint density at radius 3 is 2.50 bits per heavy atom. The van der Waals surface area contributed by atoms with Gasteiger partial charge < -0.3 is 15.1 Å². The second-order valence-electron chi connectivity index (χ2n) is 6.79. The zero-order chi connectivity index (χ0) is 20.4. The topological polar surface area (TPSA) is 132 Å². The van der Waals surface area contributed by atoms with Crippen molar-refractivity contribution < 1.29 is 21.9 Å². The van der Waals surface area contributed by atoms with Gasteiger partial charge in [0.1, 0.15) is 0 Å². The van der Waals surface area contributed by atoms with Crippen LogP contribution in [0.25, 0.3) is 16.5 Å². The molecule has 4 rings (SSSR count). The summed E-state index contributed by atoms with van der Waals surface area (Å²) in [7, 11) is -5.74. The van der Waals surface area contributed by atoms with Crippen LogP contribution >= 0.6 is 0 Å². The van der Waals surface area contributed by atoms with E-state index in [1.807, 2.05) is 6.08 Å². The van der Waals surface area contributed by atoms with E-state index in [-0.39, 0.29) is 15.7 Å². The van der Waals surface area contributed by atoms with Gasteiger partial charge in [0.25, 0.3) is 0 Å². The molecule has 10 heteroatoms. The molecule has 0 bridgehead atoms. The normalized spacial score (nSPS) is 14.5. The first-order valence-corrected chi connectivity index (χ1v) is 11.8. The van der Waals surface area contributed by atoms with E-state index in [0.717, 1.165) is 0 Å². The first kappa shape index (κ1) is 18.8. The summed E-state index contributed by atoms with van der Waals surface area (Å²) in [6.45, 7) is 1.69. The zero-order valence-electron chi connectivity index (χ0n) is 15.4. The van der Waals surface area contributed by atoms with E-state index in [9.17, 15) is 21.9 Å². The lowest BCUT2D eigenvalue weighted by molar-refractivity contribution is 0.457. The van der Waals surface area contributed by atoms with Crippen molar-refractivity contribution in [3.63, 3.8) is 0 Å². The van der Waals surface area contributed by atoms with Crippen LogP contribution in [0.5, 0.6) is 5.88 Å². The number of allylic oxidation sites excluding steroid dienone is 1. The quantitative estimate of drug-likeness (QED) is 0.510. The van der Waals surface area contributed by atoms with Gasteiger partial charge in [-0.2, -0.15) is 0 Å². The molecule has 2 heterocycles. The Hall–Kier alpha value is -2.56. The lowest BCUT2D eigenvalue weighted by atomic mass is 10.0. The van der Waals surface area contributed by atoms with Crippen LogP contribution in [0.2, 0.25) is 0 Å². The van der Waals surface area contributed by atoms with Crippen LogP contribution < -0.4 is 4.72 Å². The van der Waals surface area contributed by atoms with Crippen LogP contribution in [0.4, 0.5) is 0 Å². The summed E-state index contributed by atoms with van der Waals surface area (Å²) in [5, 5.41) is 11.0. The van der Waals surface area contributed by atoms with Crippen LogP contribution in [0, 0.1) is 6.92 Å². The molecule has 0 spiro atoms. The molecule has 4 N–H and O–H groups in total. The first-order valence-electron chi connectivity index (χ1n) is 8.45. The molecule has 0 radical (unpaired) electrons. The number of aromatic amines is 2. The van der Waals surface area contributed by atoms with E-state index in [0.29, 0.717) is 45.4 Å². The van der Waals surface area contributed by atoms with Gasteiger partial charge in [0.05, 0.1) is 21.0 Å². The highest BCUT2D eigenvalue weighted by atomic mass is 32.2. The van der Waals surface area contributed by atoms with E-state index in [1.165, 1.54) is 25.4 Å². The molecule has 3 aromatic rings. The zero-order valence-corrected chi connectivity index (χ0v) is 17.0. The predicted octanol–water partition coefficient (Wildman–Crippen LogP) is 1.81. The van der Waals surface area contributed by atoms with Gasteiger partial charge in [0.2, 0.25) is 10.0 Å². The highest BCUT2D eigenvalue weighted by Crippen LogP contribution is 2.43. The third-order valence-electron chi connectivity index (χ3n) is 4.98. The maximum absolute atomic E-state index is 12.2. The summed E-state index contributed by atoms with van der Waals surface area (Å²) in [6, 6.07) is 4.52. The number of hydrogen-bond acceptors (Lipinski definition) is 5. The Morgan fingerprint density at radius 2 is 1.86 bits per heavy atom. The standard InChI is InChI=1S/C18H19N3O5S2/c1-9-17(27(3,23)24)12-6-5-11(16(12)20-9)15-13-8-10(28(25,26)19-2)4-7-14(13)21-18(15)22/h4-5,7-8,19-22H,6H2,1-3H3. The Kier molecular flexibility index (Phi) is 4.00. The number of aromatic nitrogens is 2. The maximum atomic E-state index is 12.2.